The zero-order chi connectivity index (χ0) is 20.5. The van der Waals surface area contributed by atoms with E-state index in [-0.39, 0.29) is 10.7 Å². The van der Waals surface area contributed by atoms with Gasteiger partial charge in [0.2, 0.25) is 15.8 Å². The molecule has 0 unspecified atom stereocenters. The number of aryl methyl sites for hydroxylation is 1. The van der Waals surface area contributed by atoms with E-state index in [2.05, 4.69) is 0 Å². The SMILES string of the molecule is COc1ccc(S(=O)(=O)N2CC[NH+](CC(=O)c3cc(C)n(C)c3C)CC2)cc1. The Kier molecular flexibility index (Phi) is 5.92. The normalized spacial score (nSPS) is 16.3. The van der Waals surface area contributed by atoms with E-state index in [1.165, 1.54) is 4.31 Å². The standard InChI is InChI=1S/C20H27N3O4S/c1-15-13-19(16(2)21(15)3)20(24)14-22-9-11-23(12-10-22)28(25,26)18-7-5-17(27-4)6-8-18/h5-8,13H,9-12,14H2,1-4H3/p+1. The number of ketones is 1. The van der Waals surface area contributed by atoms with Crippen molar-refractivity contribution in [3.63, 3.8) is 0 Å². The summed E-state index contributed by atoms with van der Waals surface area (Å²) in [5, 5.41) is 0. The number of quaternary nitrogens is 1. The topological polar surface area (TPSA) is 73.1 Å². The smallest absolute Gasteiger partial charge is 0.243 e. The largest absolute Gasteiger partial charge is 0.497 e. The molecule has 0 atom stereocenters. The summed E-state index contributed by atoms with van der Waals surface area (Å²) in [7, 11) is -0.0218. The zero-order valence-corrected chi connectivity index (χ0v) is 17.7. The predicted molar refractivity (Wildman–Crippen MR) is 107 cm³/mol. The number of carbonyl (C=O) groups is 1. The summed E-state index contributed by atoms with van der Waals surface area (Å²) in [4.78, 5) is 14.1. The third-order valence-corrected chi connectivity index (χ3v) is 7.53. The number of aromatic nitrogens is 1. The molecular weight excluding hydrogens is 378 g/mol. The van der Waals surface area contributed by atoms with Gasteiger partial charge >= 0.3 is 0 Å². The average Bonchev–Trinajstić information content (AvgIpc) is 2.96. The van der Waals surface area contributed by atoms with Crippen LogP contribution in [0.2, 0.25) is 0 Å². The maximum atomic E-state index is 12.8. The number of nitrogens with zero attached hydrogens (tertiary/aromatic N) is 2. The number of piperazine rings is 1. The van der Waals surface area contributed by atoms with Crippen molar-refractivity contribution in [2.75, 3.05) is 39.8 Å². The first-order valence-corrected chi connectivity index (χ1v) is 10.8. The molecule has 1 aliphatic rings. The van der Waals surface area contributed by atoms with Gasteiger partial charge in [0.15, 0.2) is 0 Å². The van der Waals surface area contributed by atoms with Crippen LogP contribution in [-0.2, 0) is 17.1 Å². The molecule has 1 aromatic carbocycles. The molecule has 2 heterocycles. The maximum absolute atomic E-state index is 12.8. The Morgan fingerprint density at radius 3 is 2.25 bits per heavy atom. The molecular formula is C20H28N3O4S+. The first-order chi connectivity index (χ1) is 13.2. The average molecular weight is 407 g/mol. The lowest BCUT2D eigenvalue weighted by Gasteiger charge is -2.31. The number of ether oxygens (including phenoxy) is 1. The van der Waals surface area contributed by atoms with Gasteiger partial charge in [-0.2, -0.15) is 4.31 Å². The van der Waals surface area contributed by atoms with Gasteiger partial charge in [-0.3, -0.25) is 4.79 Å². The van der Waals surface area contributed by atoms with Gasteiger partial charge in [0.1, 0.15) is 12.3 Å². The summed E-state index contributed by atoms with van der Waals surface area (Å²) in [5.41, 5.74) is 2.80. The summed E-state index contributed by atoms with van der Waals surface area (Å²) in [6.07, 6.45) is 0. The van der Waals surface area contributed by atoms with Gasteiger partial charge in [-0.25, -0.2) is 8.42 Å². The molecule has 0 spiro atoms. The number of carbonyl (C=O) groups excluding carboxylic acids is 1. The predicted octanol–water partition coefficient (Wildman–Crippen LogP) is 0.423. The monoisotopic (exact) mass is 406 g/mol. The van der Waals surface area contributed by atoms with Crippen molar-refractivity contribution in [3.8, 4) is 5.75 Å². The molecule has 0 bridgehead atoms. The van der Waals surface area contributed by atoms with Crippen molar-refractivity contribution in [2.24, 2.45) is 7.05 Å². The van der Waals surface area contributed by atoms with Crippen LogP contribution in [0.5, 0.6) is 5.75 Å². The van der Waals surface area contributed by atoms with Gasteiger partial charge in [-0.1, -0.05) is 0 Å². The molecule has 1 N–H and O–H groups in total. The molecule has 1 saturated heterocycles. The molecule has 1 aromatic heterocycles. The maximum Gasteiger partial charge on any atom is 0.243 e. The Morgan fingerprint density at radius 2 is 1.75 bits per heavy atom. The van der Waals surface area contributed by atoms with Crippen molar-refractivity contribution in [3.05, 3.63) is 47.3 Å². The third-order valence-electron chi connectivity index (χ3n) is 5.61. The third kappa shape index (κ3) is 3.99. The van der Waals surface area contributed by atoms with E-state index >= 15 is 0 Å². The minimum Gasteiger partial charge on any atom is -0.497 e. The summed E-state index contributed by atoms with van der Waals surface area (Å²) in [5.74, 6) is 0.737. The van der Waals surface area contributed by atoms with Gasteiger partial charge in [0.05, 0.1) is 38.2 Å². The molecule has 28 heavy (non-hydrogen) atoms. The Bertz CT molecular complexity index is 956. The summed E-state index contributed by atoms with van der Waals surface area (Å²) < 4.78 is 34.3. The van der Waals surface area contributed by atoms with Gasteiger partial charge in [-0.15, -0.1) is 0 Å². The highest BCUT2D eigenvalue weighted by Gasteiger charge is 2.31. The fraction of sp³-hybridized carbons (Fsp3) is 0.450. The zero-order valence-electron chi connectivity index (χ0n) is 16.9. The molecule has 2 aromatic rings. The number of sulfonamides is 1. The van der Waals surface area contributed by atoms with Crippen molar-refractivity contribution in [1.82, 2.24) is 8.87 Å². The molecule has 0 saturated carbocycles. The first-order valence-electron chi connectivity index (χ1n) is 9.38. The second-order valence-corrected chi connectivity index (χ2v) is 9.21. The van der Waals surface area contributed by atoms with Gasteiger partial charge in [-0.05, 0) is 44.2 Å². The second kappa shape index (κ2) is 8.06. The summed E-state index contributed by atoms with van der Waals surface area (Å²) in [6, 6.07) is 8.37. The highest BCUT2D eigenvalue weighted by Crippen LogP contribution is 2.19. The van der Waals surface area contributed by atoms with Gasteiger partial charge < -0.3 is 14.2 Å². The fourth-order valence-electron chi connectivity index (χ4n) is 3.58. The van der Waals surface area contributed by atoms with Crippen LogP contribution in [0, 0.1) is 13.8 Å². The van der Waals surface area contributed by atoms with E-state index in [9.17, 15) is 13.2 Å². The van der Waals surface area contributed by atoms with Crippen LogP contribution in [0.25, 0.3) is 0 Å². The van der Waals surface area contributed by atoms with Crippen LogP contribution in [0.3, 0.4) is 0 Å². The number of methoxy groups -OCH3 is 1. The minimum absolute atomic E-state index is 0.114. The molecule has 3 rings (SSSR count). The number of Topliss-reactive ketones (excluding diaryl/α,β-unsaturated/α-hetero) is 1. The van der Waals surface area contributed by atoms with E-state index in [1.807, 2.05) is 31.5 Å². The number of hydrogen-bond donors (Lipinski definition) is 1. The Morgan fingerprint density at radius 1 is 1.14 bits per heavy atom. The molecule has 8 heteroatoms. The lowest BCUT2D eigenvalue weighted by atomic mass is 10.1. The van der Waals surface area contributed by atoms with Crippen LogP contribution in [-0.4, -0.2) is 62.9 Å². The molecule has 0 aliphatic carbocycles. The molecule has 0 amide bonds. The molecule has 152 valence electrons. The molecule has 0 radical (unpaired) electrons. The van der Waals surface area contributed by atoms with Gasteiger partial charge in [0.25, 0.3) is 0 Å². The number of nitrogens with one attached hydrogen (secondary N) is 1. The fourth-order valence-corrected chi connectivity index (χ4v) is 5.02. The van der Waals surface area contributed by atoms with E-state index in [0.29, 0.717) is 38.5 Å². The van der Waals surface area contributed by atoms with Crippen molar-refractivity contribution >= 4 is 15.8 Å². The number of rotatable bonds is 6. The molecule has 1 fully saturated rings. The first kappa shape index (κ1) is 20.6. The van der Waals surface area contributed by atoms with E-state index in [4.69, 9.17) is 4.74 Å². The Labute approximate surface area is 166 Å². The lowest BCUT2D eigenvalue weighted by Crippen LogP contribution is -3.15. The van der Waals surface area contributed by atoms with Crippen LogP contribution in [0.1, 0.15) is 21.7 Å². The van der Waals surface area contributed by atoms with Crippen LogP contribution in [0.15, 0.2) is 35.2 Å². The lowest BCUT2D eigenvalue weighted by molar-refractivity contribution is -0.895. The second-order valence-electron chi connectivity index (χ2n) is 7.27. The van der Waals surface area contributed by atoms with E-state index in [0.717, 1.165) is 21.9 Å². The molecule has 1 aliphatic heterocycles. The van der Waals surface area contributed by atoms with Crippen LogP contribution >= 0.6 is 0 Å². The van der Waals surface area contributed by atoms with E-state index < -0.39 is 10.0 Å². The highest BCUT2D eigenvalue weighted by molar-refractivity contribution is 7.89. The number of hydrogen-bond acceptors (Lipinski definition) is 4. The Balaban J connectivity index is 1.62. The van der Waals surface area contributed by atoms with Crippen LogP contribution in [0.4, 0.5) is 0 Å². The quantitative estimate of drug-likeness (QED) is 0.706. The summed E-state index contributed by atoms with van der Waals surface area (Å²) in [6.45, 7) is 6.38. The molecule has 7 nitrogen and oxygen atoms in total. The van der Waals surface area contributed by atoms with Crippen molar-refractivity contribution < 1.29 is 22.8 Å². The van der Waals surface area contributed by atoms with Gasteiger partial charge in [0, 0.05) is 24.0 Å². The van der Waals surface area contributed by atoms with Crippen molar-refractivity contribution in [1.29, 1.82) is 0 Å². The Hall–Kier alpha value is -2.16. The minimum atomic E-state index is -3.52. The summed E-state index contributed by atoms with van der Waals surface area (Å²) >= 11 is 0. The van der Waals surface area contributed by atoms with E-state index in [1.54, 1.807) is 31.4 Å². The number of benzene rings is 1. The van der Waals surface area contributed by atoms with Crippen LogP contribution < -0.4 is 9.64 Å². The highest BCUT2D eigenvalue weighted by atomic mass is 32.2. The van der Waals surface area contributed by atoms with Crippen molar-refractivity contribution in [2.45, 2.75) is 18.7 Å².